The number of rotatable bonds is 16. The van der Waals surface area contributed by atoms with Crippen LogP contribution in [0.3, 0.4) is 0 Å². The molecule has 0 saturated carbocycles. The van der Waals surface area contributed by atoms with E-state index < -0.39 is 23.0 Å². The second kappa shape index (κ2) is 21.6. The van der Waals surface area contributed by atoms with Crippen LogP contribution in [-0.2, 0) is 48.9 Å². The van der Waals surface area contributed by atoms with Gasteiger partial charge in [0, 0.05) is 67.1 Å². The van der Waals surface area contributed by atoms with Gasteiger partial charge in [-0.1, -0.05) is 76.2 Å². The number of H-pyrrole nitrogens is 1. The summed E-state index contributed by atoms with van der Waals surface area (Å²) in [6, 6.07) is 26.5. The van der Waals surface area contributed by atoms with Crippen LogP contribution in [0.15, 0.2) is 97.3 Å². The summed E-state index contributed by atoms with van der Waals surface area (Å²) in [5, 5.41) is 75.7. The van der Waals surface area contributed by atoms with Crippen LogP contribution in [0.5, 0.6) is 28.7 Å². The Kier molecular flexibility index (Phi) is 15.7. The number of Topliss-reactive ketones (excluding diaryl/α,β-unsaturated/α-hetero) is 1. The van der Waals surface area contributed by atoms with Gasteiger partial charge >= 0.3 is 0 Å². The van der Waals surface area contributed by atoms with Gasteiger partial charge in [0.15, 0.2) is 23.0 Å². The Morgan fingerprint density at radius 1 is 0.971 bits per heavy atom. The fraction of sp³-hybridized carbons (Fsp3) is 0.389. The molecule has 360 valence electrons. The minimum absolute atomic E-state index is 0.00145. The molecule has 9 N–H and O–H groups in total. The third-order valence-corrected chi connectivity index (χ3v) is 16.7. The van der Waals surface area contributed by atoms with E-state index in [2.05, 4.69) is 33.8 Å². The summed E-state index contributed by atoms with van der Waals surface area (Å²) in [4.78, 5) is 18.9. The number of aromatic nitrogens is 1. The largest absolute Gasteiger partial charge is 0.508 e. The fourth-order valence-electron chi connectivity index (χ4n) is 10.4. The highest BCUT2D eigenvalue weighted by Crippen LogP contribution is 2.55. The predicted molar refractivity (Wildman–Crippen MR) is 270 cm³/mol. The number of hydrogen-bond acceptors (Lipinski definition) is 13. The molecular formula is C54H63N3O9S2. The summed E-state index contributed by atoms with van der Waals surface area (Å²) in [6.07, 6.45) is 5.19. The van der Waals surface area contributed by atoms with E-state index in [0.717, 1.165) is 55.3 Å². The molecule has 0 spiro atoms. The van der Waals surface area contributed by atoms with Crippen LogP contribution >= 0.6 is 21.6 Å². The topological polar surface area (TPSA) is 197 Å². The van der Waals surface area contributed by atoms with Crippen molar-refractivity contribution in [3.05, 3.63) is 147 Å². The van der Waals surface area contributed by atoms with Crippen LogP contribution < -0.4 is 20.1 Å². The maximum absolute atomic E-state index is 15.8. The van der Waals surface area contributed by atoms with E-state index in [1.165, 1.54) is 7.11 Å². The van der Waals surface area contributed by atoms with E-state index in [4.69, 9.17) is 9.47 Å². The third-order valence-electron chi connectivity index (χ3n) is 13.7. The van der Waals surface area contributed by atoms with Crippen molar-refractivity contribution in [2.24, 2.45) is 5.92 Å². The number of phenolic OH excluding ortho intramolecular Hbond substituents is 3. The number of hydrogen-bond donors (Lipinski definition) is 9. The number of benzene rings is 5. The number of ether oxygens (including phenoxy) is 2. The molecule has 0 radical (unpaired) electrons. The number of aromatic hydroxyl groups is 3. The number of methoxy groups -OCH3 is 1. The van der Waals surface area contributed by atoms with Gasteiger partial charge in [-0.2, -0.15) is 0 Å². The van der Waals surface area contributed by atoms with Gasteiger partial charge in [-0.3, -0.25) is 10.1 Å². The van der Waals surface area contributed by atoms with Crippen LogP contribution in [0.25, 0.3) is 10.8 Å². The molecule has 14 heteroatoms. The zero-order valence-electron chi connectivity index (χ0n) is 38.9. The Hall–Kier alpha value is -5.19. The van der Waals surface area contributed by atoms with E-state index in [-0.39, 0.29) is 54.5 Å². The number of β-amino-alcohol motifs (C(OH)–C–C–N with tert-alkyl or cyclic N) is 1. The highest BCUT2D eigenvalue weighted by atomic mass is 33.1. The number of aromatic amines is 1. The van der Waals surface area contributed by atoms with Crippen molar-refractivity contribution in [1.29, 1.82) is 0 Å². The average Bonchev–Trinajstić information content (AvgIpc) is 3.76. The van der Waals surface area contributed by atoms with Crippen molar-refractivity contribution in [1.82, 2.24) is 15.6 Å². The zero-order chi connectivity index (χ0) is 48.0. The molecule has 0 unspecified atom stereocenters. The maximum atomic E-state index is 15.8. The number of fused-ring (bicyclic) bond motifs is 1. The lowest BCUT2D eigenvalue weighted by atomic mass is 9.68. The summed E-state index contributed by atoms with van der Waals surface area (Å²) >= 11 is 0. The van der Waals surface area contributed by atoms with Crippen molar-refractivity contribution >= 4 is 38.1 Å². The summed E-state index contributed by atoms with van der Waals surface area (Å²) in [5.74, 6) is 0.481. The summed E-state index contributed by atoms with van der Waals surface area (Å²) < 4.78 is 12.2. The lowest BCUT2D eigenvalue weighted by Crippen LogP contribution is -2.41. The van der Waals surface area contributed by atoms with Crippen molar-refractivity contribution in [3.8, 4) is 28.7 Å². The number of nitrogens with one attached hydrogen (secondary N) is 3. The molecule has 1 aliphatic carbocycles. The molecule has 1 aliphatic heterocycles. The van der Waals surface area contributed by atoms with Gasteiger partial charge in [0.25, 0.3) is 0 Å². The third kappa shape index (κ3) is 10.8. The molecule has 5 atom stereocenters. The lowest BCUT2D eigenvalue weighted by Gasteiger charge is -2.35. The summed E-state index contributed by atoms with van der Waals surface area (Å²) in [7, 11) is 6.50. The Morgan fingerprint density at radius 2 is 1.76 bits per heavy atom. The van der Waals surface area contributed by atoms with Crippen molar-refractivity contribution < 1.29 is 44.9 Å². The molecule has 5 aromatic carbocycles. The van der Waals surface area contributed by atoms with Crippen LogP contribution in [0.1, 0.15) is 81.5 Å². The van der Waals surface area contributed by atoms with E-state index in [1.54, 1.807) is 52.8 Å². The van der Waals surface area contributed by atoms with Crippen molar-refractivity contribution in [3.63, 3.8) is 0 Å². The molecule has 1 aromatic heterocycles. The monoisotopic (exact) mass is 961 g/mol. The van der Waals surface area contributed by atoms with Gasteiger partial charge in [0.2, 0.25) is 0 Å². The quantitative estimate of drug-likeness (QED) is 0.0425. The van der Waals surface area contributed by atoms with Gasteiger partial charge in [-0.05, 0) is 138 Å². The number of aliphatic hydroxyl groups is 3. The van der Waals surface area contributed by atoms with Gasteiger partial charge in [0.05, 0.1) is 24.2 Å². The van der Waals surface area contributed by atoms with E-state index in [9.17, 15) is 30.6 Å². The molecular weight excluding hydrogens is 899 g/mol. The van der Waals surface area contributed by atoms with Crippen LogP contribution in [-0.4, -0.2) is 92.9 Å². The molecule has 12 nitrogen and oxygen atoms in total. The highest BCUT2D eigenvalue weighted by Gasteiger charge is 2.46. The highest BCUT2D eigenvalue weighted by molar-refractivity contribution is 8.76. The van der Waals surface area contributed by atoms with Gasteiger partial charge < -0.3 is 50.4 Å². The molecule has 2 aliphatic rings. The molecule has 68 heavy (non-hydrogen) atoms. The SMILES string of the molecule is CNCc1cc(O)cc([C@]2(C(=O)C[C@@H](O)[C@H](Cc3cc[nH]c3)Cc3ccc(O)c(OC)c3Cc3cccc4cccc(CCO)c34)CC[C@H]3SSC[C@@](C)(O)CNCOc4c(O)ccc(c43)C2)c1. The Balaban J connectivity index is 1.19. The first-order chi connectivity index (χ1) is 32.8. The normalized spacial score (nSPS) is 20.6. The van der Waals surface area contributed by atoms with Gasteiger partial charge in [0.1, 0.15) is 18.3 Å². The summed E-state index contributed by atoms with van der Waals surface area (Å²) in [5.41, 5.74) is 5.45. The summed E-state index contributed by atoms with van der Waals surface area (Å²) in [6.45, 7) is 2.59. The molecule has 2 heterocycles. The zero-order valence-corrected chi connectivity index (χ0v) is 40.5. The fourth-order valence-corrected chi connectivity index (χ4v) is 13.6. The van der Waals surface area contributed by atoms with Gasteiger partial charge in [-0.25, -0.2) is 0 Å². The van der Waals surface area contributed by atoms with Gasteiger partial charge in [-0.15, -0.1) is 0 Å². The Morgan fingerprint density at radius 3 is 2.51 bits per heavy atom. The minimum Gasteiger partial charge on any atom is -0.508 e. The average molecular weight is 962 g/mol. The van der Waals surface area contributed by atoms with Crippen molar-refractivity contribution in [2.75, 3.05) is 39.8 Å². The number of aliphatic hydroxyl groups excluding tert-OH is 2. The second-order valence-corrected chi connectivity index (χ2v) is 21.3. The van der Waals surface area contributed by atoms with Crippen molar-refractivity contribution in [2.45, 2.75) is 87.2 Å². The maximum Gasteiger partial charge on any atom is 0.167 e. The molecule has 0 fully saturated rings. The smallest absolute Gasteiger partial charge is 0.167 e. The molecule has 6 aromatic rings. The first kappa shape index (κ1) is 49.2. The van der Waals surface area contributed by atoms with Crippen LogP contribution in [0.2, 0.25) is 0 Å². The van der Waals surface area contributed by atoms with E-state index >= 15 is 4.79 Å². The minimum atomic E-state index is -1.21. The molecule has 0 amide bonds. The van der Waals surface area contributed by atoms with Crippen LogP contribution in [0, 0.1) is 5.92 Å². The number of carbonyl (C=O) groups excluding carboxylic acids is 1. The van der Waals surface area contributed by atoms with E-state index in [0.29, 0.717) is 74.4 Å². The first-order valence-corrected chi connectivity index (χ1v) is 25.7. The van der Waals surface area contributed by atoms with Crippen LogP contribution in [0.4, 0.5) is 0 Å². The second-order valence-electron chi connectivity index (χ2n) is 18.7. The predicted octanol–water partition coefficient (Wildman–Crippen LogP) is 7.95. The number of carbonyl (C=O) groups is 1. The first-order valence-electron chi connectivity index (χ1n) is 23.3. The molecule has 0 saturated heterocycles. The van der Waals surface area contributed by atoms with E-state index in [1.807, 2.05) is 61.9 Å². The molecule has 0 bridgehead atoms. The number of ketones is 1. The molecule has 8 rings (SSSR count). The number of phenols is 3. The standard InChI is InChI=1S/C54H63N3O9S2/c1-53(64)30-57-32-66-52-45(61)13-11-39-27-54(17-14-47(50(39)52)68-67-31-53,41-21-34(28-55-2)22-42(59)25-41)48(63)26-46(62)40(20-33-15-18-56-29-33)23-37-10-12-44(60)51(65-3)43(37)24-38-9-5-7-35-6-4-8-36(16-19-58)49(35)38/h4-13,15,18,21-22,25,29,40,46-47,55-62,64H,14,16-17,19-20,23-24,26-28,30-32H2,1-3H3/t40-,46-,47-,53+,54+/m1/s1. The lowest BCUT2D eigenvalue weighted by molar-refractivity contribution is -0.127. The Labute approximate surface area is 405 Å². The Bertz CT molecular complexity index is 2710.